The highest BCUT2D eigenvalue weighted by atomic mass is 16.7. The fourth-order valence-electron chi connectivity index (χ4n) is 8.40. The number of hydrogen-bond donors (Lipinski definition) is 9. The standard InChI is InChI=1S/C52H99NO11/c1-3-5-7-9-11-13-15-16-17-18-19-20-21-22-23-24-25-26-27-29-31-33-35-37-39-44(56)51(62)53-42(41-63-52-50(61)49(60)48(59)45(40-54)64-52)46(57)47(58)43(55)38-36-34-32-30-28-14-12-10-8-6-4-2/h16-17,36,38,42-50,52,54-61H,3-15,18-35,37,39-41H2,1-2H3,(H,53,62). The van der Waals surface area contributed by atoms with Crippen molar-refractivity contribution in [3.05, 3.63) is 24.3 Å². The number of amides is 1. The molecule has 1 aliphatic rings. The summed E-state index contributed by atoms with van der Waals surface area (Å²) in [5, 5.41) is 86.3. The quantitative estimate of drug-likeness (QED) is 0.0209. The van der Waals surface area contributed by atoms with E-state index in [1.807, 2.05) is 0 Å². The van der Waals surface area contributed by atoms with Crippen LogP contribution >= 0.6 is 0 Å². The number of nitrogens with one attached hydrogen (secondary N) is 1. The number of hydrogen-bond acceptors (Lipinski definition) is 11. The highest BCUT2D eigenvalue weighted by Crippen LogP contribution is 2.23. The van der Waals surface area contributed by atoms with Crippen LogP contribution in [0.25, 0.3) is 0 Å². The fraction of sp³-hybridized carbons (Fsp3) is 0.904. The van der Waals surface area contributed by atoms with Crippen LogP contribution in [0.3, 0.4) is 0 Å². The second-order valence-corrected chi connectivity index (χ2v) is 18.7. The molecule has 0 saturated carbocycles. The van der Waals surface area contributed by atoms with Gasteiger partial charge in [0, 0.05) is 0 Å². The molecule has 64 heavy (non-hydrogen) atoms. The van der Waals surface area contributed by atoms with Crippen LogP contribution in [-0.2, 0) is 14.3 Å². The number of rotatable bonds is 44. The first-order chi connectivity index (χ1) is 31.1. The van der Waals surface area contributed by atoms with Crippen LogP contribution in [-0.4, -0.2) is 121 Å². The maximum Gasteiger partial charge on any atom is 0.249 e. The van der Waals surface area contributed by atoms with E-state index in [1.54, 1.807) is 6.08 Å². The normalized spacial score (nSPS) is 21.7. The van der Waals surface area contributed by atoms with Crippen molar-refractivity contribution >= 4 is 5.91 Å². The van der Waals surface area contributed by atoms with Crippen molar-refractivity contribution in [1.82, 2.24) is 5.32 Å². The molecule has 0 aromatic heterocycles. The minimum Gasteiger partial charge on any atom is -0.394 e. The second-order valence-electron chi connectivity index (χ2n) is 18.7. The molecule has 378 valence electrons. The Labute approximate surface area is 389 Å². The summed E-state index contributed by atoms with van der Waals surface area (Å²) in [4.78, 5) is 13.1. The van der Waals surface area contributed by atoms with Gasteiger partial charge in [0.15, 0.2) is 6.29 Å². The topological polar surface area (TPSA) is 209 Å². The van der Waals surface area contributed by atoms with Crippen molar-refractivity contribution in [3.8, 4) is 0 Å². The number of aliphatic hydroxyl groups excluding tert-OH is 8. The summed E-state index contributed by atoms with van der Waals surface area (Å²) < 4.78 is 11.0. The van der Waals surface area contributed by atoms with E-state index >= 15 is 0 Å². The van der Waals surface area contributed by atoms with Crippen molar-refractivity contribution in [2.45, 2.75) is 287 Å². The minimum atomic E-state index is -1.77. The molecule has 1 fully saturated rings. The Kier molecular flexibility index (Phi) is 39.5. The third kappa shape index (κ3) is 30.0. The molecule has 1 heterocycles. The van der Waals surface area contributed by atoms with Gasteiger partial charge in [-0.3, -0.25) is 4.79 Å². The molecule has 1 saturated heterocycles. The van der Waals surface area contributed by atoms with Crippen LogP contribution in [0.1, 0.15) is 226 Å². The SMILES string of the molecule is CCCCCCCCC=CCCCCCCCCCCCCCCCCC(O)C(=O)NC(COC1OC(CO)C(O)C(O)C1O)C(O)C(O)C(O)C=CCCCCCCCCCCC. The highest BCUT2D eigenvalue weighted by molar-refractivity contribution is 5.80. The molecule has 0 spiro atoms. The molecule has 1 aliphatic heterocycles. The average molecular weight is 914 g/mol. The molecular weight excluding hydrogens is 815 g/mol. The average Bonchev–Trinajstić information content (AvgIpc) is 3.29. The zero-order valence-corrected chi connectivity index (χ0v) is 40.6. The van der Waals surface area contributed by atoms with Gasteiger partial charge in [0.05, 0.1) is 19.3 Å². The van der Waals surface area contributed by atoms with Crippen LogP contribution in [0.4, 0.5) is 0 Å². The fourth-order valence-corrected chi connectivity index (χ4v) is 8.40. The van der Waals surface area contributed by atoms with Gasteiger partial charge in [0.1, 0.15) is 48.8 Å². The van der Waals surface area contributed by atoms with E-state index in [9.17, 15) is 45.6 Å². The third-order valence-electron chi connectivity index (χ3n) is 12.8. The van der Waals surface area contributed by atoms with Crippen molar-refractivity contribution in [2.24, 2.45) is 0 Å². The molecule has 0 aromatic carbocycles. The Balaban J connectivity index is 2.38. The van der Waals surface area contributed by atoms with Gasteiger partial charge in [0.2, 0.25) is 5.91 Å². The molecule has 12 nitrogen and oxygen atoms in total. The number of carbonyl (C=O) groups is 1. The molecule has 1 amide bonds. The van der Waals surface area contributed by atoms with E-state index in [0.29, 0.717) is 12.8 Å². The Bertz CT molecular complexity index is 1110. The Morgan fingerprint density at radius 1 is 0.547 bits per heavy atom. The van der Waals surface area contributed by atoms with Gasteiger partial charge in [-0.1, -0.05) is 205 Å². The lowest BCUT2D eigenvalue weighted by Crippen LogP contribution is -2.60. The molecule has 12 heteroatoms. The first-order valence-corrected chi connectivity index (χ1v) is 26.3. The lowest BCUT2D eigenvalue weighted by atomic mass is 9.98. The van der Waals surface area contributed by atoms with Gasteiger partial charge in [-0.05, 0) is 44.9 Å². The molecule has 9 N–H and O–H groups in total. The summed E-state index contributed by atoms with van der Waals surface area (Å²) >= 11 is 0. The maximum atomic E-state index is 13.1. The van der Waals surface area contributed by atoms with E-state index in [2.05, 4.69) is 31.3 Å². The first kappa shape index (κ1) is 60.6. The van der Waals surface area contributed by atoms with Gasteiger partial charge >= 0.3 is 0 Å². The zero-order chi connectivity index (χ0) is 47.0. The van der Waals surface area contributed by atoms with E-state index in [4.69, 9.17) is 9.47 Å². The summed E-state index contributed by atoms with van der Waals surface area (Å²) in [6, 6.07) is -1.37. The Morgan fingerprint density at radius 3 is 1.39 bits per heavy atom. The molecule has 0 aromatic rings. The molecule has 1 rings (SSSR count). The summed E-state index contributed by atoms with van der Waals surface area (Å²) in [5.41, 5.74) is 0. The van der Waals surface area contributed by atoms with Crippen molar-refractivity contribution in [2.75, 3.05) is 13.2 Å². The number of aliphatic hydroxyl groups is 8. The predicted molar refractivity (Wildman–Crippen MR) is 258 cm³/mol. The van der Waals surface area contributed by atoms with E-state index in [-0.39, 0.29) is 6.42 Å². The van der Waals surface area contributed by atoms with Crippen molar-refractivity contribution < 1.29 is 55.1 Å². The lowest BCUT2D eigenvalue weighted by Gasteiger charge is -2.40. The number of unbranched alkanes of at least 4 members (excludes halogenated alkanes) is 29. The van der Waals surface area contributed by atoms with Crippen LogP contribution in [0.2, 0.25) is 0 Å². The van der Waals surface area contributed by atoms with E-state index < -0.39 is 80.3 Å². The summed E-state index contributed by atoms with van der Waals surface area (Å²) in [5.74, 6) is -0.796. The first-order valence-electron chi connectivity index (χ1n) is 26.3. The summed E-state index contributed by atoms with van der Waals surface area (Å²) in [7, 11) is 0. The Morgan fingerprint density at radius 2 is 0.953 bits per heavy atom. The van der Waals surface area contributed by atoms with Crippen LogP contribution in [0.15, 0.2) is 24.3 Å². The van der Waals surface area contributed by atoms with Gasteiger partial charge in [-0.25, -0.2) is 0 Å². The van der Waals surface area contributed by atoms with Crippen LogP contribution < -0.4 is 5.32 Å². The molecule has 0 aliphatic carbocycles. The van der Waals surface area contributed by atoms with Crippen LogP contribution in [0, 0.1) is 0 Å². The predicted octanol–water partition coefficient (Wildman–Crippen LogP) is 8.76. The maximum absolute atomic E-state index is 13.1. The molecule has 10 atom stereocenters. The van der Waals surface area contributed by atoms with E-state index in [0.717, 1.165) is 38.5 Å². The van der Waals surface area contributed by atoms with Gasteiger partial charge in [-0.2, -0.15) is 0 Å². The smallest absolute Gasteiger partial charge is 0.249 e. The Hall–Kier alpha value is -1.45. The van der Waals surface area contributed by atoms with Gasteiger partial charge in [0.25, 0.3) is 0 Å². The van der Waals surface area contributed by atoms with E-state index in [1.165, 1.54) is 160 Å². The van der Waals surface area contributed by atoms with Crippen molar-refractivity contribution in [3.63, 3.8) is 0 Å². The molecular formula is C52H99NO11. The minimum absolute atomic E-state index is 0.199. The van der Waals surface area contributed by atoms with Crippen LogP contribution in [0.5, 0.6) is 0 Å². The number of ether oxygens (including phenoxy) is 2. The second kappa shape index (κ2) is 41.7. The van der Waals surface area contributed by atoms with Gasteiger partial charge < -0.3 is 55.6 Å². The number of allylic oxidation sites excluding steroid dienone is 3. The number of carbonyl (C=O) groups excluding carboxylic acids is 1. The summed E-state index contributed by atoms with van der Waals surface area (Å²) in [6.45, 7) is 3.24. The highest BCUT2D eigenvalue weighted by Gasteiger charge is 2.45. The molecule has 0 radical (unpaired) electrons. The summed E-state index contributed by atoms with van der Waals surface area (Å²) in [6.07, 6.45) is 32.5. The molecule has 10 unspecified atom stereocenters. The zero-order valence-electron chi connectivity index (χ0n) is 40.6. The van der Waals surface area contributed by atoms with Gasteiger partial charge in [-0.15, -0.1) is 0 Å². The molecule has 0 bridgehead atoms. The van der Waals surface area contributed by atoms with Crippen molar-refractivity contribution in [1.29, 1.82) is 0 Å². The third-order valence-corrected chi connectivity index (χ3v) is 12.8. The lowest BCUT2D eigenvalue weighted by molar-refractivity contribution is -0.303. The largest absolute Gasteiger partial charge is 0.394 e. The monoisotopic (exact) mass is 914 g/mol.